The molecule has 0 saturated carbocycles. The van der Waals surface area contributed by atoms with E-state index in [1.54, 1.807) is 46.5 Å². The Hall–Kier alpha value is -3.33. The van der Waals surface area contributed by atoms with Crippen molar-refractivity contribution in [3.8, 4) is 5.69 Å². The van der Waals surface area contributed by atoms with Gasteiger partial charge in [0.15, 0.2) is 0 Å². The zero-order valence-corrected chi connectivity index (χ0v) is 14.7. The van der Waals surface area contributed by atoms with Gasteiger partial charge >= 0.3 is 0 Å². The molecule has 3 heterocycles. The second-order valence-corrected chi connectivity index (χ2v) is 6.66. The van der Waals surface area contributed by atoms with Crippen LogP contribution < -0.4 is 5.32 Å². The number of aryl methyl sites for hydroxylation is 1. The molecule has 0 aliphatic carbocycles. The zero-order valence-electron chi connectivity index (χ0n) is 13.9. The van der Waals surface area contributed by atoms with Crippen molar-refractivity contribution in [3.05, 3.63) is 70.3 Å². The van der Waals surface area contributed by atoms with Crippen LogP contribution in [0.2, 0.25) is 0 Å². The fourth-order valence-corrected chi connectivity index (χ4v) is 3.41. The first-order valence-electron chi connectivity index (χ1n) is 7.90. The highest BCUT2D eigenvalue weighted by Crippen LogP contribution is 2.19. The monoisotopic (exact) mass is 365 g/mol. The SMILES string of the molecule is Cc1ccsc1Cn1nccc1NC(=O)c1cccc(-n2cnnn2)c1. The minimum Gasteiger partial charge on any atom is -0.307 e. The average Bonchev–Trinajstić information content (AvgIpc) is 3.40. The molecular weight excluding hydrogens is 350 g/mol. The van der Waals surface area contributed by atoms with Crippen molar-refractivity contribution in [1.29, 1.82) is 0 Å². The molecule has 8 nitrogen and oxygen atoms in total. The standard InChI is InChI=1S/C17H15N7OS/c1-12-6-8-26-15(12)10-23-16(5-7-19-23)20-17(25)13-3-2-4-14(9-13)24-11-18-21-22-24/h2-9,11H,10H2,1H3,(H,20,25). The Labute approximate surface area is 153 Å². The molecule has 4 rings (SSSR count). The molecule has 0 aliphatic rings. The third-order valence-corrected chi connectivity index (χ3v) is 4.95. The van der Waals surface area contributed by atoms with Crippen molar-refractivity contribution in [2.24, 2.45) is 0 Å². The maximum Gasteiger partial charge on any atom is 0.256 e. The van der Waals surface area contributed by atoms with Crippen LogP contribution in [-0.4, -0.2) is 35.9 Å². The van der Waals surface area contributed by atoms with Gasteiger partial charge in [-0.05, 0) is 52.6 Å². The summed E-state index contributed by atoms with van der Waals surface area (Å²) in [5.41, 5.74) is 2.44. The van der Waals surface area contributed by atoms with Gasteiger partial charge in [-0.25, -0.2) is 9.36 Å². The number of tetrazole rings is 1. The number of anilines is 1. The van der Waals surface area contributed by atoms with Gasteiger partial charge in [0, 0.05) is 16.5 Å². The van der Waals surface area contributed by atoms with Crippen LogP contribution in [0.3, 0.4) is 0 Å². The maximum atomic E-state index is 12.6. The number of aromatic nitrogens is 6. The van der Waals surface area contributed by atoms with Crippen molar-refractivity contribution in [2.75, 3.05) is 5.32 Å². The predicted molar refractivity (Wildman–Crippen MR) is 97.5 cm³/mol. The van der Waals surface area contributed by atoms with Gasteiger partial charge in [-0.2, -0.15) is 5.10 Å². The van der Waals surface area contributed by atoms with Gasteiger partial charge in [-0.15, -0.1) is 16.4 Å². The van der Waals surface area contributed by atoms with E-state index >= 15 is 0 Å². The Balaban J connectivity index is 1.53. The number of hydrogen-bond donors (Lipinski definition) is 1. The summed E-state index contributed by atoms with van der Waals surface area (Å²) in [6.07, 6.45) is 3.16. The van der Waals surface area contributed by atoms with Crippen LogP contribution in [0.1, 0.15) is 20.8 Å². The lowest BCUT2D eigenvalue weighted by molar-refractivity contribution is 0.102. The fraction of sp³-hybridized carbons (Fsp3) is 0.118. The highest BCUT2D eigenvalue weighted by Gasteiger charge is 2.12. The summed E-state index contributed by atoms with van der Waals surface area (Å²) in [5, 5.41) is 20.3. The minimum atomic E-state index is -0.218. The molecule has 130 valence electrons. The van der Waals surface area contributed by atoms with E-state index in [9.17, 15) is 4.79 Å². The van der Waals surface area contributed by atoms with Crippen molar-refractivity contribution in [3.63, 3.8) is 0 Å². The van der Waals surface area contributed by atoms with Crippen molar-refractivity contribution >= 4 is 23.1 Å². The molecule has 1 N–H and O–H groups in total. The third kappa shape index (κ3) is 3.24. The molecule has 3 aromatic heterocycles. The maximum absolute atomic E-state index is 12.6. The van der Waals surface area contributed by atoms with Gasteiger partial charge in [-0.1, -0.05) is 6.07 Å². The Bertz CT molecular complexity index is 1040. The van der Waals surface area contributed by atoms with Crippen LogP contribution in [0.5, 0.6) is 0 Å². The number of rotatable bonds is 5. The van der Waals surface area contributed by atoms with E-state index in [1.807, 2.05) is 6.07 Å². The number of nitrogens with one attached hydrogen (secondary N) is 1. The molecule has 26 heavy (non-hydrogen) atoms. The van der Waals surface area contributed by atoms with Gasteiger partial charge in [0.05, 0.1) is 18.4 Å². The van der Waals surface area contributed by atoms with Crippen molar-refractivity contribution < 1.29 is 4.79 Å². The molecule has 0 radical (unpaired) electrons. The first kappa shape index (κ1) is 16.2. The molecule has 0 unspecified atom stereocenters. The highest BCUT2D eigenvalue weighted by atomic mass is 32.1. The second-order valence-electron chi connectivity index (χ2n) is 5.66. The Morgan fingerprint density at radius 3 is 2.96 bits per heavy atom. The Morgan fingerprint density at radius 1 is 1.27 bits per heavy atom. The summed E-state index contributed by atoms with van der Waals surface area (Å²) in [4.78, 5) is 13.9. The number of hydrogen-bond acceptors (Lipinski definition) is 6. The summed E-state index contributed by atoms with van der Waals surface area (Å²) >= 11 is 1.68. The molecule has 1 aromatic carbocycles. The first-order chi connectivity index (χ1) is 12.7. The van der Waals surface area contributed by atoms with Crippen LogP contribution in [0.4, 0.5) is 5.82 Å². The number of thiophene rings is 1. The molecule has 0 bridgehead atoms. The molecule has 4 aromatic rings. The molecular formula is C17H15N7OS. The third-order valence-electron chi connectivity index (χ3n) is 3.94. The topological polar surface area (TPSA) is 90.5 Å². The van der Waals surface area contributed by atoms with Gasteiger partial charge in [-0.3, -0.25) is 4.79 Å². The van der Waals surface area contributed by atoms with E-state index in [4.69, 9.17) is 0 Å². The summed E-state index contributed by atoms with van der Waals surface area (Å²) < 4.78 is 3.28. The average molecular weight is 365 g/mol. The van der Waals surface area contributed by atoms with Gasteiger partial charge in [0.1, 0.15) is 12.1 Å². The predicted octanol–water partition coefficient (Wildman–Crippen LogP) is 2.53. The van der Waals surface area contributed by atoms with Crippen LogP contribution in [-0.2, 0) is 6.54 Å². The van der Waals surface area contributed by atoms with Crippen LogP contribution in [0.25, 0.3) is 5.69 Å². The van der Waals surface area contributed by atoms with Crippen LogP contribution >= 0.6 is 11.3 Å². The molecule has 0 fully saturated rings. The Morgan fingerprint density at radius 2 is 2.19 bits per heavy atom. The largest absolute Gasteiger partial charge is 0.307 e. The van der Waals surface area contributed by atoms with E-state index in [-0.39, 0.29) is 5.91 Å². The van der Waals surface area contributed by atoms with Crippen molar-refractivity contribution in [2.45, 2.75) is 13.5 Å². The first-order valence-corrected chi connectivity index (χ1v) is 8.78. The van der Waals surface area contributed by atoms with E-state index in [2.05, 4.69) is 44.3 Å². The van der Waals surface area contributed by atoms with E-state index in [0.29, 0.717) is 23.6 Å². The molecule has 1 amide bonds. The quantitative estimate of drug-likeness (QED) is 0.587. The number of carbonyl (C=O) groups excluding carboxylic acids is 1. The lowest BCUT2D eigenvalue weighted by Crippen LogP contribution is -2.16. The number of amides is 1. The number of nitrogens with zero attached hydrogens (tertiary/aromatic N) is 6. The van der Waals surface area contributed by atoms with E-state index in [0.717, 1.165) is 0 Å². The van der Waals surface area contributed by atoms with E-state index in [1.165, 1.54) is 21.4 Å². The van der Waals surface area contributed by atoms with Gasteiger partial charge in [0.25, 0.3) is 5.91 Å². The minimum absolute atomic E-state index is 0.218. The van der Waals surface area contributed by atoms with Crippen LogP contribution in [0.15, 0.2) is 54.3 Å². The van der Waals surface area contributed by atoms with Crippen LogP contribution in [0, 0.1) is 6.92 Å². The molecule has 0 aliphatic heterocycles. The van der Waals surface area contributed by atoms with E-state index < -0.39 is 0 Å². The number of carbonyl (C=O) groups is 1. The van der Waals surface area contributed by atoms with Crippen molar-refractivity contribution in [1.82, 2.24) is 30.0 Å². The van der Waals surface area contributed by atoms with Gasteiger partial charge in [0.2, 0.25) is 0 Å². The smallest absolute Gasteiger partial charge is 0.256 e. The van der Waals surface area contributed by atoms with Gasteiger partial charge < -0.3 is 5.32 Å². The summed E-state index contributed by atoms with van der Waals surface area (Å²) in [7, 11) is 0. The summed E-state index contributed by atoms with van der Waals surface area (Å²) in [6.45, 7) is 2.69. The Kier molecular flexibility index (Phi) is 4.28. The molecule has 0 atom stereocenters. The lowest BCUT2D eigenvalue weighted by atomic mass is 10.2. The molecule has 0 spiro atoms. The fourth-order valence-electron chi connectivity index (χ4n) is 2.52. The lowest BCUT2D eigenvalue weighted by Gasteiger charge is -2.09. The highest BCUT2D eigenvalue weighted by molar-refractivity contribution is 7.10. The summed E-state index contributed by atoms with van der Waals surface area (Å²) in [6, 6.07) is 11.0. The zero-order chi connectivity index (χ0) is 17.9. The molecule has 0 saturated heterocycles. The normalized spacial score (nSPS) is 10.8. The second kappa shape index (κ2) is 6.89. The number of benzene rings is 1. The summed E-state index contributed by atoms with van der Waals surface area (Å²) in [5.74, 6) is 0.431. The molecule has 9 heteroatoms.